The fourth-order valence-electron chi connectivity index (χ4n) is 1.34. The van der Waals surface area contributed by atoms with E-state index >= 15 is 0 Å². The van der Waals surface area contributed by atoms with Gasteiger partial charge in [-0.05, 0) is 36.5 Å². The summed E-state index contributed by atoms with van der Waals surface area (Å²) in [6.07, 6.45) is 0.581. The fourth-order valence-corrected chi connectivity index (χ4v) is 1.34. The Morgan fingerprint density at radius 1 is 1.31 bits per heavy atom. The van der Waals surface area contributed by atoms with Crippen LogP contribution in [0.1, 0.15) is 45.8 Å². The van der Waals surface area contributed by atoms with Crippen molar-refractivity contribution < 1.29 is 9.84 Å². The number of rotatable bonds is 4. The van der Waals surface area contributed by atoms with Gasteiger partial charge in [-0.15, -0.1) is 0 Å². The van der Waals surface area contributed by atoms with Gasteiger partial charge in [0.15, 0.2) is 0 Å². The Bertz CT molecular complexity index is 324. The Morgan fingerprint density at radius 2 is 2.00 bits per heavy atom. The van der Waals surface area contributed by atoms with Crippen LogP contribution in [0.4, 0.5) is 0 Å². The molecule has 0 heterocycles. The molecule has 1 aromatic rings. The zero-order valence-corrected chi connectivity index (χ0v) is 10.7. The normalized spacial score (nSPS) is 13.6. The molecule has 0 saturated carbocycles. The van der Waals surface area contributed by atoms with E-state index in [4.69, 9.17) is 4.74 Å². The van der Waals surface area contributed by atoms with Gasteiger partial charge in [0.05, 0.1) is 12.7 Å². The number of aliphatic hydroxyl groups excluding tert-OH is 1. The van der Waals surface area contributed by atoms with Crippen molar-refractivity contribution in [3.63, 3.8) is 0 Å². The first kappa shape index (κ1) is 13.0. The van der Waals surface area contributed by atoms with Gasteiger partial charge in [-0.1, -0.05) is 32.9 Å². The highest BCUT2D eigenvalue weighted by Crippen LogP contribution is 2.21. The Morgan fingerprint density at radius 3 is 2.56 bits per heavy atom. The minimum atomic E-state index is -0.439. The molecular formula is C14H22O2. The fraction of sp³-hybridized carbons (Fsp3) is 0.571. The van der Waals surface area contributed by atoms with Crippen LogP contribution in [-0.4, -0.2) is 11.7 Å². The van der Waals surface area contributed by atoms with Crippen molar-refractivity contribution in [1.29, 1.82) is 0 Å². The highest BCUT2D eigenvalue weighted by molar-refractivity contribution is 5.29. The van der Waals surface area contributed by atoms with Crippen LogP contribution < -0.4 is 4.74 Å². The van der Waals surface area contributed by atoms with E-state index < -0.39 is 6.10 Å². The van der Waals surface area contributed by atoms with Crippen LogP contribution in [0.15, 0.2) is 24.3 Å². The lowest BCUT2D eigenvalue weighted by Gasteiger charge is -2.18. The second-order valence-corrected chi connectivity index (χ2v) is 5.41. The van der Waals surface area contributed by atoms with Crippen molar-refractivity contribution in [3.05, 3.63) is 29.8 Å². The molecule has 0 bridgehead atoms. The number of benzene rings is 1. The molecule has 0 aliphatic heterocycles. The topological polar surface area (TPSA) is 29.5 Å². The maximum atomic E-state index is 9.45. The van der Waals surface area contributed by atoms with Gasteiger partial charge in [0.25, 0.3) is 0 Å². The van der Waals surface area contributed by atoms with Gasteiger partial charge >= 0.3 is 0 Å². The SMILES string of the molecule is CC(O)c1cccc(OCCC(C)(C)C)c1. The third kappa shape index (κ3) is 4.67. The van der Waals surface area contributed by atoms with Crippen LogP contribution in [-0.2, 0) is 0 Å². The van der Waals surface area contributed by atoms with E-state index in [0.29, 0.717) is 12.0 Å². The number of ether oxygens (including phenoxy) is 1. The molecule has 0 fully saturated rings. The molecule has 1 N–H and O–H groups in total. The van der Waals surface area contributed by atoms with Gasteiger partial charge < -0.3 is 9.84 Å². The largest absolute Gasteiger partial charge is 0.494 e. The number of hydrogen-bond donors (Lipinski definition) is 1. The molecule has 1 unspecified atom stereocenters. The van der Waals surface area contributed by atoms with Gasteiger partial charge in [-0.3, -0.25) is 0 Å². The van der Waals surface area contributed by atoms with Crippen LogP contribution in [0, 0.1) is 5.41 Å². The van der Waals surface area contributed by atoms with E-state index in [1.165, 1.54) is 0 Å². The predicted octanol–water partition coefficient (Wildman–Crippen LogP) is 3.55. The quantitative estimate of drug-likeness (QED) is 0.844. The lowest BCUT2D eigenvalue weighted by atomic mass is 9.93. The van der Waals surface area contributed by atoms with Crippen molar-refractivity contribution in [2.24, 2.45) is 5.41 Å². The maximum Gasteiger partial charge on any atom is 0.119 e. The first-order chi connectivity index (χ1) is 7.38. The summed E-state index contributed by atoms with van der Waals surface area (Å²) in [4.78, 5) is 0. The Kier molecular flexibility index (Phi) is 4.36. The number of hydrogen-bond acceptors (Lipinski definition) is 2. The lowest BCUT2D eigenvalue weighted by molar-refractivity contribution is 0.197. The highest BCUT2D eigenvalue weighted by atomic mass is 16.5. The van der Waals surface area contributed by atoms with Gasteiger partial charge in [0.2, 0.25) is 0 Å². The van der Waals surface area contributed by atoms with E-state index in [2.05, 4.69) is 20.8 Å². The van der Waals surface area contributed by atoms with E-state index in [0.717, 1.165) is 17.7 Å². The molecule has 0 spiro atoms. The molecule has 1 atom stereocenters. The zero-order chi connectivity index (χ0) is 12.2. The van der Waals surface area contributed by atoms with E-state index in [-0.39, 0.29) is 0 Å². The summed E-state index contributed by atoms with van der Waals surface area (Å²) >= 11 is 0. The first-order valence-electron chi connectivity index (χ1n) is 5.79. The maximum absolute atomic E-state index is 9.45. The average Bonchev–Trinajstić information content (AvgIpc) is 2.16. The second-order valence-electron chi connectivity index (χ2n) is 5.41. The Hall–Kier alpha value is -1.02. The minimum absolute atomic E-state index is 0.294. The minimum Gasteiger partial charge on any atom is -0.494 e. The molecule has 2 heteroatoms. The summed E-state index contributed by atoms with van der Waals surface area (Å²) in [6, 6.07) is 7.64. The van der Waals surface area contributed by atoms with Crippen molar-refractivity contribution in [2.75, 3.05) is 6.61 Å². The Labute approximate surface area is 98.3 Å². The summed E-state index contributed by atoms with van der Waals surface area (Å²) < 4.78 is 5.66. The molecular weight excluding hydrogens is 200 g/mol. The summed E-state index contributed by atoms with van der Waals surface area (Å²) in [5, 5.41) is 9.45. The third-order valence-electron chi connectivity index (χ3n) is 2.46. The Balaban J connectivity index is 2.51. The monoisotopic (exact) mass is 222 g/mol. The van der Waals surface area contributed by atoms with Crippen molar-refractivity contribution in [1.82, 2.24) is 0 Å². The molecule has 1 aromatic carbocycles. The third-order valence-corrected chi connectivity index (χ3v) is 2.46. The van der Waals surface area contributed by atoms with Crippen molar-refractivity contribution in [3.8, 4) is 5.75 Å². The molecule has 0 aliphatic rings. The second kappa shape index (κ2) is 5.35. The average molecular weight is 222 g/mol. The molecule has 90 valence electrons. The predicted molar refractivity (Wildman–Crippen MR) is 66.6 cm³/mol. The summed E-state index contributed by atoms with van der Waals surface area (Å²) in [7, 11) is 0. The van der Waals surface area contributed by atoms with Crippen molar-refractivity contribution in [2.45, 2.75) is 40.2 Å². The van der Waals surface area contributed by atoms with Gasteiger partial charge in [0.1, 0.15) is 5.75 Å². The molecule has 0 radical (unpaired) electrons. The van der Waals surface area contributed by atoms with E-state index in [1.54, 1.807) is 6.92 Å². The van der Waals surface area contributed by atoms with Gasteiger partial charge in [0, 0.05) is 0 Å². The standard InChI is InChI=1S/C14H22O2/c1-11(15)12-6-5-7-13(10-12)16-9-8-14(2,3)4/h5-7,10-11,15H,8-9H2,1-4H3. The summed E-state index contributed by atoms with van der Waals surface area (Å²) in [5.74, 6) is 0.836. The zero-order valence-electron chi connectivity index (χ0n) is 10.7. The van der Waals surface area contributed by atoms with Crippen LogP contribution in [0.5, 0.6) is 5.75 Å². The smallest absolute Gasteiger partial charge is 0.119 e. The van der Waals surface area contributed by atoms with Crippen LogP contribution in [0.2, 0.25) is 0 Å². The molecule has 0 saturated heterocycles. The molecule has 2 nitrogen and oxygen atoms in total. The van der Waals surface area contributed by atoms with E-state index in [1.807, 2.05) is 24.3 Å². The van der Waals surface area contributed by atoms with Crippen LogP contribution >= 0.6 is 0 Å². The molecule has 0 amide bonds. The summed E-state index contributed by atoms with van der Waals surface area (Å²) in [5.41, 5.74) is 1.19. The molecule has 1 rings (SSSR count). The van der Waals surface area contributed by atoms with Crippen LogP contribution in [0.25, 0.3) is 0 Å². The molecule has 16 heavy (non-hydrogen) atoms. The van der Waals surface area contributed by atoms with Crippen molar-refractivity contribution >= 4 is 0 Å². The van der Waals surface area contributed by atoms with Gasteiger partial charge in [-0.2, -0.15) is 0 Å². The van der Waals surface area contributed by atoms with Crippen LogP contribution in [0.3, 0.4) is 0 Å². The molecule has 0 aromatic heterocycles. The highest BCUT2D eigenvalue weighted by Gasteiger charge is 2.10. The summed E-state index contributed by atoms with van der Waals surface area (Å²) in [6.45, 7) is 9.06. The number of aliphatic hydroxyl groups is 1. The first-order valence-corrected chi connectivity index (χ1v) is 5.79. The van der Waals surface area contributed by atoms with Gasteiger partial charge in [-0.25, -0.2) is 0 Å². The van der Waals surface area contributed by atoms with E-state index in [9.17, 15) is 5.11 Å². The molecule has 0 aliphatic carbocycles. The lowest BCUT2D eigenvalue weighted by Crippen LogP contribution is -2.11.